The predicted molar refractivity (Wildman–Crippen MR) is 166 cm³/mol. The molecule has 2 saturated heterocycles. The number of amides is 1. The van der Waals surface area contributed by atoms with Gasteiger partial charge in [0.05, 0.1) is 11.1 Å². The van der Waals surface area contributed by atoms with Crippen LogP contribution in [-0.4, -0.2) is 60.0 Å². The van der Waals surface area contributed by atoms with Crippen molar-refractivity contribution in [2.45, 2.75) is 57.2 Å². The van der Waals surface area contributed by atoms with E-state index in [1.165, 1.54) is 46.8 Å². The fourth-order valence-electron chi connectivity index (χ4n) is 6.28. The zero-order valence-corrected chi connectivity index (χ0v) is 24.8. The first-order valence-electron chi connectivity index (χ1n) is 14.9. The molecule has 2 aliphatic heterocycles. The van der Waals surface area contributed by atoms with Gasteiger partial charge in [-0.1, -0.05) is 12.1 Å². The Morgan fingerprint density at radius 2 is 1.95 bits per heavy atom. The fourth-order valence-corrected chi connectivity index (χ4v) is 7.32. The maximum Gasteiger partial charge on any atom is 0.252 e. The molecule has 212 valence electrons. The van der Waals surface area contributed by atoms with Crippen LogP contribution in [0.15, 0.2) is 60.8 Å². The summed E-state index contributed by atoms with van der Waals surface area (Å²) in [5.41, 5.74) is 4.57. The van der Waals surface area contributed by atoms with E-state index in [2.05, 4.69) is 52.5 Å². The average Bonchev–Trinajstić information content (AvgIpc) is 3.32. The number of rotatable bonds is 9. The van der Waals surface area contributed by atoms with Crippen LogP contribution in [0.4, 0.5) is 0 Å². The van der Waals surface area contributed by atoms with Gasteiger partial charge < -0.3 is 10.1 Å². The van der Waals surface area contributed by atoms with Crippen LogP contribution in [0, 0.1) is 6.92 Å². The summed E-state index contributed by atoms with van der Waals surface area (Å²) in [6.07, 6.45) is 7.46. The van der Waals surface area contributed by atoms with E-state index in [-0.39, 0.29) is 11.4 Å². The molecule has 2 aromatic carbocycles. The average molecular weight is 567 g/mol. The summed E-state index contributed by atoms with van der Waals surface area (Å²) in [7, 11) is 2.13. The molecule has 7 rings (SSSR count). The van der Waals surface area contributed by atoms with E-state index in [9.17, 15) is 4.79 Å². The Morgan fingerprint density at radius 1 is 1.10 bits per heavy atom. The lowest BCUT2D eigenvalue weighted by atomic mass is 9.95. The molecule has 1 saturated carbocycles. The number of hydrogen-bond donors (Lipinski definition) is 1. The lowest BCUT2D eigenvalue weighted by Gasteiger charge is -2.37. The van der Waals surface area contributed by atoms with Crippen molar-refractivity contribution in [2.24, 2.45) is 0 Å². The molecular formula is C34H38N4O2S. The Morgan fingerprint density at radius 3 is 2.71 bits per heavy atom. The van der Waals surface area contributed by atoms with Gasteiger partial charge >= 0.3 is 0 Å². The van der Waals surface area contributed by atoms with Crippen molar-refractivity contribution < 1.29 is 9.53 Å². The van der Waals surface area contributed by atoms with E-state index < -0.39 is 0 Å². The number of nitrogens with zero attached hydrogens (tertiary/aromatic N) is 3. The summed E-state index contributed by atoms with van der Waals surface area (Å²) in [5, 5.41) is 4.57. The van der Waals surface area contributed by atoms with Gasteiger partial charge in [0, 0.05) is 39.5 Å². The minimum absolute atomic E-state index is 0.0438. The van der Waals surface area contributed by atoms with Crippen LogP contribution in [0.1, 0.15) is 58.5 Å². The number of aryl methyl sites for hydroxylation is 1. The van der Waals surface area contributed by atoms with Crippen LogP contribution in [0.2, 0.25) is 0 Å². The Bertz CT molecular complexity index is 1590. The topological polar surface area (TPSA) is 57.7 Å². The molecule has 3 fully saturated rings. The van der Waals surface area contributed by atoms with Gasteiger partial charge in [-0.15, -0.1) is 11.3 Å². The number of fused-ring (bicyclic) bond motifs is 1. The normalized spacial score (nSPS) is 20.2. The van der Waals surface area contributed by atoms with Crippen LogP contribution in [0.5, 0.6) is 5.75 Å². The van der Waals surface area contributed by atoms with Gasteiger partial charge in [-0.3, -0.25) is 19.6 Å². The third-order valence-electron chi connectivity index (χ3n) is 9.20. The molecule has 4 heterocycles. The zero-order valence-electron chi connectivity index (χ0n) is 24.0. The third-order valence-corrected chi connectivity index (χ3v) is 10.3. The molecule has 1 aliphatic carbocycles. The SMILES string of the molecule is Cc1ccc(OC[C@@H]2CCN2C)cc1C(=O)NC1(c2cc(-c3ccc(CN4CCCC4)s3)cc3ncccc23)CC1. The molecule has 41 heavy (non-hydrogen) atoms. The number of carbonyl (C=O) groups is 1. The number of benzene rings is 2. The Balaban J connectivity index is 1.15. The van der Waals surface area contributed by atoms with Gasteiger partial charge in [0.2, 0.25) is 0 Å². The largest absolute Gasteiger partial charge is 0.492 e. The highest BCUT2D eigenvalue weighted by atomic mass is 32.1. The van der Waals surface area contributed by atoms with Gasteiger partial charge in [0.25, 0.3) is 5.91 Å². The Kier molecular flexibility index (Phi) is 7.05. The molecular weight excluding hydrogens is 528 g/mol. The molecule has 1 atom stereocenters. The molecule has 1 N–H and O–H groups in total. The zero-order chi connectivity index (χ0) is 28.0. The van der Waals surface area contributed by atoms with Crippen LogP contribution >= 0.6 is 11.3 Å². The molecule has 1 amide bonds. The van der Waals surface area contributed by atoms with E-state index in [4.69, 9.17) is 9.72 Å². The van der Waals surface area contributed by atoms with Crippen LogP contribution in [0.25, 0.3) is 21.3 Å². The molecule has 0 unspecified atom stereocenters. The van der Waals surface area contributed by atoms with Crippen molar-refractivity contribution in [3.05, 3.63) is 82.4 Å². The molecule has 0 spiro atoms. The second-order valence-corrected chi connectivity index (χ2v) is 13.3. The summed E-state index contributed by atoms with van der Waals surface area (Å²) in [5.74, 6) is 0.711. The molecule has 7 heteroatoms. The molecule has 2 aromatic heterocycles. The first-order valence-corrected chi connectivity index (χ1v) is 15.8. The lowest BCUT2D eigenvalue weighted by molar-refractivity contribution is 0.0767. The first-order chi connectivity index (χ1) is 20.0. The van der Waals surface area contributed by atoms with Gasteiger partial charge in [-0.05, 0) is 125 Å². The number of carbonyl (C=O) groups excluding carboxylic acids is 1. The van der Waals surface area contributed by atoms with Crippen LogP contribution < -0.4 is 10.1 Å². The monoisotopic (exact) mass is 566 g/mol. The molecule has 0 bridgehead atoms. The number of thiophene rings is 1. The summed E-state index contributed by atoms with van der Waals surface area (Å²) >= 11 is 1.87. The fraction of sp³-hybridized carbons (Fsp3) is 0.412. The third kappa shape index (κ3) is 5.39. The summed E-state index contributed by atoms with van der Waals surface area (Å²) in [6, 6.07) is 19.5. The maximum absolute atomic E-state index is 13.8. The molecule has 3 aliphatic rings. The van der Waals surface area contributed by atoms with Crippen molar-refractivity contribution in [1.29, 1.82) is 0 Å². The lowest BCUT2D eigenvalue weighted by Crippen LogP contribution is -2.48. The quantitative estimate of drug-likeness (QED) is 0.255. The minimum Gasteiger partial charge on any atom is -0.492 e. The van der Waals surface area contributed by atoms with Gasteiger partial charge in [0.1, 0.15) is 12.4 Å². The summed E-state index contributed by atoms with van der Waals surface area (Å²) < 4.78 is 6.09. The number of ether oxygens (including phenoxy) is 1. The highest BCUT2D eigenvalue weighted by molar-refractivity contribution is 7.15. The van der Waals surface area contributed by atoms with E-state index >= 15 is 0 Å². The second kappa shape index (κ2) is 10.9. The smallest absolute Gasteiger partial charge is 0.252 e. The van der Waals surface area contributed by atoms with Crippen molar-refractivity contribution in [3.63, 3.8) is 0 Å². The van der Waals surface area contributed by atoms with Crippen LogP contribution in [-0.2, 0) is 12.1 Å². The van der Waals surface area contributed by atoms with E-state index in [0.717, 1.165) is 54.6 Å². The molecule has 4 aromatic rings. The second-order valence-electron chi connectivity index (χ2n) is 12.1. The molecule has 0 radical (unpaired) electrons. The summed E-state index contributed by atoms with van der Waals surface area (Å²) in [6.45, 7) is 7.20. The van der Waals surface area contributed by atoms with Crippen molar-refractivity contribution in [1.82, 2.24) is 20.1 Å². The van der Waals surface area contributed by atoms with Crippen LogP contribution in [0.3, 0.4) is 0 Å². The maximum atomic E-state index is 13.8. The van der Waals surface area contributed by atoms with E-state index in [1.54, 1.807) is 0 Å². The van der Waals surface area contributed by atoms with Gasteiger partial charge in [-0.25, -0.2) is 0 Å². The number of likely N-dealkylation sites (N-methyl/N-ethyl adjacent to an activating group) is 1. The Labute approximate surface area is 246 Å². The van der Waals surface area contributed by atoms with Crippen molar-refractivity contribution >= 4 is 28.1 Å². The predicted octanol–water partition coefficient (Wildman–Crippen LogP) is 6.37. The highest BCUT2D eigenvalue weighted by Crippen LogP contribution is 2.49. The van der Waals surface area contributed by atoms with Gasteiger partial charge in [0.15, 0.2) is 0 Å². The van der Waals surface area contributed by atoms with E-state index in [0.29, 0.717) is 18.2 Å². The minimum atomic E-state index is -0.387. The standard InChI is InChI=1S/C34H38N4O2S/c1-23-7-8-26(40-22-25-11-17-37(25)2)20-29(23)33(39)36-34(12-13-34)30-18-24(19-31-28(30)6-5-14-35-31)32-10-9-27(41-32)21-38-15-3-4-16-38/h5-10,14,18-20,25H,3-4,11-13,15-17,21-22H2,1-2H3,(H,36,39)/t25-/m0/s1. The highest BCUT2D eigenvalue weighted by Gasteiger charge is 2.47. The number of pyridine rings is 1. The number of aromatic nitrogens is 1. The van der Waals surface area contributed by atoms with Crippen molar-refractivity contribution in [2.75, 3.05) is 33.3 Å². The first kappa shape index (κ1) is 26.6. The number of nitrogens with one attached hydrogen (secondary N) is 1. The van der Waals surface area contributed by atoms with E-state index in [1.807, 2.05) is 48.7 Å². The summed E-state index contributed by atoms with van der Waals surface area (Å²) in [4.78, 5) is 26.0. The van der Waals surface area contributed by atoms with Crippen molar-refractivity contribution in [3.8, 4) is 16.2 Å². The number of likely N-dealkylation sites (tertiary alicyclic amines) is 2. The Hall–Kier alpha value is -3.26. The number of hydrogen-bond acceptors (Lipinski definition) is 6. The molecule has 6 nitrogen and oxygen atoms in total. The van der Waals surface area contributed by atoms with Gasteiger partial charge in [-0.2, -0.15) is 0 Å².